The van der Waals surface area contributed by atoms with Gasteiger partial charge in [-0.15, -0.1) is 0 Å². The van der Waals surface area contributed by atoms with E-state index < -0.39 is 0 Å². The van der Waals surface area contributed by atoms with Gasteiger partial charge in [-0.2, -0.15) is 0 Å². The molecule has 0 amide bonds. The van der Waals surface area contributed by atoms with Crippen molar-refractivity contribution < 1.29 is 4.74 Å². The van der Waals surface area contributed by atoms with Crippen LogP contribution in [0, 0.1) is 13.8 Å². The molecule has 0 spiro atoms. The van der Waals surface area contributed by atoms with Crippen LogP contribution >= 0.6 is 0 Å². The van der Waals surface area contributed by atoms with E-state index in [1.165, 1.54) is 48.8 Å². The Morgan fingerprint density at radius 1 is 1.26 bits per heavy atom. The van der Waals surface area contributed by atoms with Crippen molar-refractivity contribution in [1.82, 2.24) is 5.32 Å². The highest BCUT2D eigenvalue weighted by Gasteiger charge is 2.16. The first-order chi connectivity index (χ1) is 9.19. The highest BCUT2D eigenvalue weighted by molar-refractivity contribution is 5.30. The summed E-state index contributed by atoms with van der Waals surface area (Å²) < 4.78 is 5.69. The summed E-state index contributed by atoms with van der Waals surface area (Å²) in [5, 5.41) is 3.46. The van der Waals surface area contributed by atoms with Crippen LogP contribution in [-0.2, 0) is 4.74 Å². The normalized spacial score (nSPS) is 20.7. The van der Waals surface area contributed by atoms with E-state index in [1.807, 2.05) is 0 Å². The van der Waals surface area contributed by atoms with Crippen molar-refractivity contribution in [2.75, 3.05) is 13.7 Å². The number of aryl methyl sites for hydroxylation is 2. The standard InChI is InChI=1S/C17H27NO/c1-13-10-14(2)12-15(11-13)17(18-3)8-4-6-16-7-5-9-19-16/h10-12,16-18H,4-9H2,1-3H3. The highest BCUT2D eigenvalue weighted by atomic mass is 16.5. The number of benzene rings is 1. The lowest BCUT2D eigenvalue weighted by Crippen LogP contribution is -2.17. The monoisotopic (exact) mass is 261 g/mol. The van der Waals surface area contributed by atoms with Crippen LogP contribution in [0.15, 0.2) is 18.2 Å². The van der Waals surface area contributed by atoms with Gasteiger partial charge in [0.2, 0.25) is 0 Å². The van der Waals surface area contributed by atoms with Gasteiger partial charge in [-0.3, -0.25) is 0 Å². The van der Waals surface area contributed by atoms with E-state index in [-0.39, 0.29) is 0 Å². The summed E-state index contributed by atoms with van der Waals surface area (Å²) in [6, 6.07) is 7.32. The Labute approximate surface area is 117 Å². The highest BCUT2D eigenvalue weighted by Crippen LogP contribution is 2.24. The van der Waals surface area contributed by atoms with Crippen molar-refractivity contribution in [2.24, 2.45) is 0 Å². The third-order valence-electron chi connectivity index (χ3n) is 4.04. The number of nitrogens with one attached hydrogen (secondary N) is 1. The molecule has 2 unspecified atom stereocenters. The Hall–Kier alpha value is -0.860. The number of rotatable bonds is 6. The minimum absolute atomic E-state index is 0.472. The van der Waals surface area contributed by atoms with Gasteiger partial charge in [-0.1, -0.05) is 29.3 Å². The van der Waals surface area contributed by atoms with Crippen molar-refractivity contribution in [3.05, 3.63) is 34.9 Å². The Balaban J connectivity index is 1.87. The third-order valence-corrected chi connectivity index (χ3v) is 4.04. The zero-order valence-electron chi connectivity index (χ0n) is 12.5. The van der Waals surface area contributed by atoms with E-state index in [1.54, 1.807) is 0 Å². The summed E-state index contributed by atoms with van der Waals surface area (Å²) >= 11 is 0. The van der Waals surface area contributed by atoms with E-state index >= 15 is 0 Å². The Kier molecular flexibility index (Phi) is 5.41. The summed E-state index contributed by atoms with van der Waals surface area (Å²) in [6.45, 7) is 5.32. The maximum absolute atomic E-state index is 5.69. The van der Waals surface area contributed by atoms with E-state index in [0.717, 1.165) is 6.61 Å². The fourth-order valence-corrected chi connectivity index (χ4v) is 3.11. The van der Waals surface area contributed by atoms with Crippen LogP contribution in [-0.4, -0.2) is 19.8 Å². The van der Waals surface area contributed by atoms with Gasteiger partial charge < -0.3 is 10.1 Å². The van der Waals surface area contributed by atoms with Crippen LogP contribution < -0.4 is 5.32 Å². The Morgan fingerprint density at radius 2 is 2.00 bits per heavy atom. The summed E-state index contributed by atoms with van der Waals surface area (Å²) in [6.07, 6.45) is 6.67. The molecule has 106 valence electrons. The van der Waals surface area contributed by atoms with E-state index in [2.05, 4.69) is 44.4 Å². The number of hydrogen-bond donors (Lipinski definition) is 1. The SMILES string of the molecule is CNC(CCCC1CCCO1)c1cc(C)cc(C)c1. The fraction of sp³-hybridized carbons (Fsp3) is 0.647. The molecule has 19 heavy (non-hydrogen) atoms. The molecular formula is C17H27NO. The smallest absolute Gasteiger partial charge is 0.0576 e. The van der Waals surface area contributed by atoms with Gasteiger partial charge >= 0.3 is 0 Å². The minimum Gasteiger partial charge on any atom is -0.378 e. The lowest BCUT2D eigenvalue weighted by molar-refractivity contribution is 0.101. The van der Waals surface area contributed by atoms with Crippen molar-refractivity contribution >= 4 is 0 Å². The molecule has 1 saturated heterocycles. The third kappa shape index (κ3) is 4.32. The van der Waals surface area contributed by atoms with Crippen LogP contribution in [0.5, 0.6) is 0 Å². The minimum atomic E-state index is 0.472. The molecule has 1 fully saturated rings. The van der Waals surface area contributed by atoms with Crippen molar-refractivity contribution in [1.29, 1.82) is 0 Å². The molecule has 1 N–H and O–H groups in total. The quantitative estimate of drug-likeness (QED) is 0.838. The van der Waals surface area contributed by atoms with Crippen LogP contribution in [0.25, 0.3) is 0 Å². The number of ether oxygens (including phenoxy) is 1. The molecule has 1 heterocycles. The summed E-state index contributed by atoms with van der Waals surface area (Å²) in [5.41, 5.74) is 4.14. The van der Waals surface area contributed by atoms with Crippen LogP contribution in [0.1, 0.15) is 54.8 Å². The van der Waals surface area contributed by atoms with Gasteiger partial charge in [0.1, 0.15) is 0 Å². The van der Waals surface area contributed by atoms with Gasteiger partial charge in [-0.05, 0) is 58.6 Å². The van der Waals surface area contributed by atoms with Crippen molar-refractivity contribution in [3.8, 4) is 0 Å². The van der Waals surface area contributed by atoms with Crippen LogP contribution in [0.2, 0.25) is 0 Å². The molecule has 2 heteroatoms. The van der Waals surface area contributed by atoms with Gasteiger partial charge in [0.15, 0.2) is 0 Å². The second-order valence-corrected chi connectivity index (χ2v) is 5.83. The lowest BCUT2D eigenvalue weighted by atomic mass is 9.96. The predicted molar refractivity (Wildman–Crippen MR) is 80.5 cm³/mol. The van der Waals surface area contributed by atoms with Gasteiger partial charge in [0.25, 0.3) is 0 Å². The average Bonchev–Trinajstić information content (AvgIpc) is 2.86. The first-order valence-corrected chi connectivity index (χ1v) is 7.56. The Bertz CT molecular complexity index is 376. The lowest BCUT2D eigenvalue weighted by Gasteiger charge is -2.19. The molecule has 0 aromatic heterocycles. The molecule has 1 aromatic rings. The summed E-state index contributed by atoms with van der Waals surface area (Å²) in [7, 11) is 2.06. The zero-order chi connectivity index (χ0) is 13.7. The van der Waals surface area contributed by atoms with E-state index in [9.17, 15) is 0 Å². The molecule has 0 saturated carbocycles. The zero-order valence-corrected chi connectivity index (χ0v) is 12.5. The second-order valence-electron chi connectivity index (χ2n) is 5.83. The molecule has 2 rings (SSSR count). The average molecular weight is 261 g/mol. The van der Waals surface area contributed by atoms with Gasteiger partial charge in [0.05, 0.1) is 6.10 Å². The molecule has 0 radical (unpaired) electrons. The molecule has 2 atom stereocenters. The summed E-state index contributed by atoms with van der Waals surface area (Å²) in [4.78, 5) is 0. The molecular weight excluding hydrogens is 234 g/mol. The topological polar surface area (TPSA) is 21.3 Å². The predicted octanol–water partition coefficient (Wildman–Crippen LogP) is 3.91. The maximum Gasteiger partial charge on any atom is 0.0576 e. The maximum atomic E-state index is 5.69. The Morgan fingerprint density at radius 3 is 2.58 bits per heavy atom. The summed E-state index contributed by atoms with van der Waals surface area (Å²) in [5.74, 6) is 0. The molecule has 0 bridgehead atoms. The molecule has 1 aliphatic rings. The van der Waals surface area contributed by atoms with Crippen molar-refractivity contribution in [3.63, 3.8) is 0 Å². The van der Waals surface area contributed by atoms with Crippen molar-refractivity contribution in [2.45, 2.75) is 58.1 Å². The second kappa shape index (κ2) is 7.06. The largest absolute Gasteiger partial charge is 0.378 e. The van der Waals surface area contributed by atoms with E-state index in [4.69, 9.17) is 4.74 Å². The van der Waals surface area contributed by atoms with Gasteiger partial charge in [0, 0.05) is 12.6 Å². The molecule has 1 aromatic carbocycles. The van der Waals surface area contributed by atoms with Crippen LogP contribution in [0.4, 0.5) is 0 Å². The van der Waals surface area contributed by atoms with E-state index in [0.29, 0.717) is 12.1 Å². The molecule has 2 nitrogen and oxygen atoms in total. The first kappa shape index (κ1) is 14.5. The molecule has 1 aliphatic heterocycles. The molecule has 0 aliphatic carbocycles. The number of hydrogen-bond acceptors (Lipinski definition) is 2. The van der Waals surface area contributed by atoms with Crippen LogP contribution in [0.3, 0.4) is 0 Å². The fourth-order valence-electron chi connectivity index (χ4n) is 3.11. The first-order valence-electron chi connectivity index (χ1n) is 7.56. The van der Waals surface area contributed by atoms with Gasteiger partial charge in [-0.25, -0.2) is 0 Å².